The number of hydrogen-bond donors (Lipinski definition) is 1. The van der Waals surface area contributed by atoms with Gasteiger partial charge in [-0.3, -0.25) is 9.59 Å². The maximum atomic E-state index is 12.5. The van der Waals surface area contributed by atoms with Gasteiger partial charge in [0.05, 0.1) is 5.56 Å². The van der Waals surface area contributed by atoms with Crippen LogP contribution in [0.3, 0.4) is 0 Å². The van der Waals surface area contributed by atoms with Crippen molar-refractivity contribution in [3.63, 3.8) is 0 Å². The summed E-state index contributed by atoms with van der Waals surface area (Å²) >= 11 is 11.7. The monoisotopic (exact) mass is 330 g/mol. The van der Waals surface area contributed by atoms with Crippen molar-refractivity contribution in [1.29, 1.82) is 0 Å². The second-order valence-electron chi connectivity index (χ2n) is 5.16. The number of nitrogens with zero attached hydrogens (tertiary/aromatic N) is 2. The average molecular weight is 331 g/mol. The fourth-order valence-electron chi connectivity index (χ4n) is 2.55. The third-order valence-corrected chi connectivity index (χ3v) is 4.12. The number of carboxylic acids is 1. The van der Waals surface area contributed by atoms with Gasteiger partial charge in [0.2, 0.25) is 0 Å². The van der Waals surface area contributed by atoms with Gasteiger partial charge in [-0.25, -0.2) is 4.98 Å². The van der Waals surface area contributed by atoms with E-state index in [0.717, 1.165) is 12.8 Å². The molecule has 1 N–H and O–H groups in total. The molecular formula is C14H16Cl2N2O3. The first-order valence-electron chi connectivity index (χ1n) is 6.80. The lowest BCUT2D eigenvalue weighted by molar-refractivity contribution is -0.137. The standard InChI is InChI=1S/C14H16Cl2N2O3/c15-11-5-4-10(13(16)17-11)14(21)18-7-1-2-9(8-18)3-6-12(19)20/h4-5,9H,1-3,6-8H2,(H,19,20). The molecule has 7 heteroatoms. The van der Waals surface area contributed by atoms with Gasteiger partial charge in [0.25, 0.3) is 5.91 Å². The number of likely N-dealkylation sites (tertiary alicyclic amines) is 1. The van der Waals surface area contributed by atoms with Crippen LogP contribution in [0.1, 0.15) is 36.0 Å². The fraction of sp³-hybridized carbons (Fsp3) is 0.500. The van der Waals surface area contributed by atoms with E-state index in [9.17, 15) is 9.59 Å². The highest BCUT2D eigenvalue weighted by atomic mass is 35.5. The summed E-state index contributed by atoms with van der Waals surface area (Å²) in [6, 6.07) is 3.10. The Labute approximate surface area is 132 Å². The third-order valence-electron chi connectivity index (χ3n) is 3.62. The number of halogens is 2. The zero-order valence-corrected chi connectivity index (χ0v) is 12.9. The Balaban J connectivity index is 2.03. The smallest absolute Gasteiger partial charge is 0.303 e. The van der Waals surface area contributed by atoms with E-state index in [2.05, 4.69) is 4.98 Å². The average Bonchev–Trinajstić information content (AvgIpc) is 2.45. The Kier molecular flexibility index (Phi) is 5.42. The number of aliphatic carboxylic acids is 1. The SMILES string of the molecule is O=C(O)CCC1CCCN(C(=O)c2ccc(Cl)nc2Cl)C1. The number of aromatic nitrogens is 1. The van der Waals surface area contributed by atoms with E-state index in [0.29, 0.717) is 25.1 Å². The van der Waals surface area contributed by atoms with E-state index < -0.39 is 5.97 Å². The van der Waals surface area contributed by atoms with Gasteiger partial charge in [-0.15, -0.1) is 0 Å². The molecule has 5 nitrogen and oxygen atoms in total. The molecule has 2 heterocycles. The number of carbonyl (C=O) groups excluding carboxylic acids is 1. The van der Waals surface area contributed by atoms with E-state index in [-0.39, 0.29) is 28.6 Å². The van der Waals surface area contributed by atoms with Gasteiger partial charge in [-0.2, -0.15) is 0 Å². The third kappa shape index (κ3) is 4.32. The number of carboxylic acid groups (broad SMARTS) is 1. The van der Waals surface area contributed by atoms with E-state index in [4.69, 9.17) is 28.3 Å². The quantitative estimate of drug-likeness (QED) is 0.861. The molecule has 1 aromatic heterocycles. The normalized spacial score (nSPS) is 18.6. The van der Waals surface area contributed by atoms with Crippen LogP contribution in [0, 0.1) is 5.92 Å². The van der Waals surface area contributed by atoms with Crippen molar-refractivity contribution in [2.45, 2.75) is 25.7 Å². The van der Waals surface area contributed by atoms with E-state index in [1.54, 1.807) is 11.0 Å². The summed E-state index contributed by atoms with van der Waals surface area (Å²) in [5, 5.41) is 9.08. The first-order chi connectivity index (χ1) is 9.97. The lowest BCUT2D eigenvalue weighted by Crippen LogP contribution is -2.40. The Morgan fingerprint density at radius 1 is 1.38 bits per heavy atom. The topological polar surface area (TPSA) is 70.5 Å². The molecule has 0 bridgehead atoms. The van der Waals surface area contributed by atoms with Crippen LogP contribution in [-0.4, -0.2) is 40.0 Å². The molecule has 0 saturated carbocycles. The van der Waals surface area contributed by atoms with Crippen molar-refractivity contribution in [2.24, 2.45) is 5.92 Å². The first kappa shape index (κ1) is 16.0. The fourth-order valence-corrected chi connectivity index (χ4v) is 2.98. The molecular weight excluding hydrogens is 315 g/mol. The van der Waals surface area contributed by atoms with Gasteiger partial charge >= 0.3 is 5.97 Å². The highest BCUT2D eigenvalue weighted by molar-refractivity contribution is 6.34. The number of rotatable bonds is 4. The molecule has 1 atom stereocenters. The van der Waals surface area contributed by atoms with Crippen LogP contribution in [0.4, 0.5) is 0 Å². The van der Waals surface area contributed by atoms with Crippen LogP contribution in [0.15, 0.2) is 12.1 Å². The Hall–Kier alpha value is -1.33. The molecule has 1 aliphatic heterocycles. The molecule has 0 spiro atoms. The summed E-state index contributed by atoms with van der Waals surface area (Å²) < 4.78 is 0. The predicted octanol–water partition coefficient (Wildman–Crippen LogP) is 3.11. The molecule has 1 amide bonds. The van der Waals surface area contributed by atoms with Gasteiger partial charge in [-0.1, -0.05) is 23.2 Å². The first-order valence-corrected chi connectivity index (χ1v) is 7.56. The maximum absolute atomic E-state index is 12.5. The summed E-state index contributed by atoms with van der Waals surface area (Å²) in [5.41, 5.74) is 0.333. The number of carbonyl (C=O) groups is 2. The van der Waals surface area contributed by atoms with Gasteiger partial charge in [0.15, 0.2) is 0 Å². The van der Waals surface area contributed by atoms with Crippen molar-refractivity contribution < 1.29 is 14.7 Å². The van der Waals surface area contributed by atoms with E-state index in [1.165, 1.54) is 6.07 Å². The van der Waals surface area contributed by atoms with Crippen molar-refractivity contribution in [1.82, 2.24) is 9.88 Å². The van der Waals surface area contributed by atoms with Crippen molar-refractivity contribution in [2.75, 3.05) is 13.1 Å². The summed E-state index contributed by atoms with van der Waals surface area (Å²) in [6.45, 7) is 1.21. The summed E-state index contributed by atoms with van der Waals surface area (Å²) in [6.07, 6.45) is 2.54. The molecule has 1 fully saturated rings. The molecule has 1 aromatic rings. The van der Waals surface area contributed by atoms with Gasteiger partial charge < -0.3 is 10.0 Å². The zero-order valence-electron chi connectivity index (χ0n) is 11.4. The number of hydrogen-bond acceptors (Lipinski definition) is 3. The molecule has 0 aliphatic carbocycles. The summed E-state index contributed by atoms with van der Waals surface area (Å²) in [7, 11) is 0. The number of piperidine rings is 1. The molecule has 1 aliphatic rings. The molecule has 21 heavy (non-hydrogen) atoms. The second-order valence-corrected chi connectivity index (χ2v) is 5.91. The minimum Gasteiger partial charge on any atom is -0.481 e. The van der Waals surface area contributed by atoms with Crippen LogP contribution in [-0.2, 0) is 4.79 Å². The Morgan fingerprint density at radius 3 is 2.81 bits per heavy atom. The van der Waals surface area contributed by atoms with Gasteiger partial charge in [-0.05, 0) is 37.3 Å². The molecule has 0 aromatic carbocycles. The number of pyridine rings is 1. The Bertz CT molecular complexity index is 551. The highest BCUT2D eigenvalue weighted by Gasteiger charge is 2.26. The van der Waals surface area contributed by atoms with E-state index >= 15 is 0 Å². The van der Waals surface area contributed by atoms with Gasteiger partial charge in [0, 0.05) is 19.5 Å². The lowest BCUT2D eigenvalue weighted by atomic mass is 9.93. The van der Waals surface area contributed by atoms with Crippen molar-refractivity contribution >= 4 is 35.1 Å². The van der Waals surface area contributed by atoms with Crippen LogP contribution >= 0.6 is 23.2 Å². The van der Waals surface area contributed by atoms with Crippen molar-refractivity contribution in [3.05, 3.63) is 28.0 Å². The molecule has 2 rings (SSSR count). The zero-order chi connectivity index (χ0) is 15.4. The van der Waals surface area contributed by atoms with Crippen LogP contribution in [0.5, 0.6) is 0 Å². The summed E-state index contributed by atoms with van der Waals surface area (Å²) in [4.78, 5) is 28.7. The van der Waals surface area contributed by atoms with Crippen LogP contribution < -0.4 is 0 Å². The molecule has 0 radical (unpaired) electrons. The lowest BCUT2D eigenvalue weighted by Gasteiger charge is -2.32. The molecule has 1 unspecified atom stereocenters. The number of amides is 1. The predicted molar refractivity (Wildman–Crippen MR) is 79.8 cm³/mol. The minimum atomic E-state index is -0.802. The molecule has 114 valence electrons. The largest absolute Gasteiger partial charge is 0.481 e. The second kappa shape index (κ2) is 7.09. The maximum Gasteiger partial charge on any atom is 0.303 e. The van der Waals surface area contributed by atoms with Crippen LogP contribution in [0.2, 0.25) is 10.3 Å². The Morgan fingerprint density at radius 2 is 2.14 bits per heavy atom. The molecule has 1 saturated heterocycles. The van der Waals surface area contributed by atoms with Crippen molar-refractivity contribution in [3.8, 4) is 0 Å². The summed E-state index contributed by atoms with van der Waals surface area (Å²) in [5.74, 6) is -0.759. The minimum absolute atomic E-state index is 0.0974. The van der Waals surface area contributed by atoms with Crippen LogP contribution in [0.25, 0.3) is 0 Å². The highest BCUT2D eigenvalue weighted by Crippen LogP contribution is 2.24. The van der Waals surface area contributed by atoms with E-state index in [1.807, 2.05) is 0 Å². The van der Waals surface area contributed by atoms with Gasteiger partial charge in [0.1, 0.15) is 10.3 Å².